The van der Waals surface area contributed by atoms with Crippen molar-refractivity contribution in [3.05, 3.63) is 63.5 Å². The molecule has 2 aliphatic heterocycles. The highest BCUT2D eigenvalue weighted by Crippen LogP contribution is 2.48. The SMILES string of the molecule is CC(C)Oc1ccc2cc(Cc3cc([C@@]45O[C@@](CO)(C[OH+]4)CC(O)[C@H]5O)ccc3Cl)sc2c1. The highest BCUT2D eigenvalue weighted by molar-refractivity contribution is 7.19. The Morgan fingerprint density at radius 1 is 1.21 bits per heavy atom. The summed E-state index contributed by atoms with van der Waals surface area (Å²) in [6.45, 7) is 3.96. The summed E-state index contributed by atoms with van der Waals surface area (Å²) >= 11 is 8.23. The summed E-state index contributed by atoms with van der Waals surface area (Å²) in [5.41, 5.74) is 0.526. The smallest absolute Gasteiger partial charge is 0.332 e. The van der Waals surface area contributed by atoms with Crippen LogP contribution in [0.1, 0.15) is 36.3 Å². The molecule has 3 heterocycles. The molecule has 0 radical (unpaired) electrons. The summed E-state index contributed by atoms with van der Waals surface area (Å²) in [6.07, 6.45) is -1.41. The molecule has 1 aromatic heterocycles. The third kappa shape index (κ3) is 4.06. The number of halogens is 1. The molecule has 4 atom stereocenters. The molecule has 1 unspecified atom stereocenters. The zero-order chi connectivity index (χ0) is 23.4. The van der Waals surface area contributed by atoms with Crippen molar-refractivity contribution in [2.45, 2.75) is 56.4 Å². The van der Waals surface area contributed by atoms with Crippen LogP contribution in [0.25, 0.3) is 10.1 Å². The lowest BCUT2D eigenvalue weighted by molar-refractivity contribution is -0.348. The molecule has 4 N–H and O–H groups in total. The van der Waals surface area contributed by atoms with Gasteiger partial charge in [0, 0.05) is 27.4 Å². The molecule has 2 aromatic carbocycles. The molecular weight excluding hydrogens is 464 g/mol. The minimum atomic E-state index is -1.41. The molecule has 33 heavy (non-hydrogen) atoms. The van der Waals surface area contributed by atoms with E-state index in [9.17, 15) is 15.3 Å². The second-order valence-corrected chi connectivity index (χ2v) is 10.8. The average Bonchev–Trinajstić information content (AvgIpc) is 3.33. The number of benzene rings is 2. The van der Waals surface area contributed by atoms with Crippen molar-refractivity contribution in [1.29, 1.82) is 0 Å². The Balaban J connectivity index is 1.46. The molecule has 0 amide bonds. The average molecular weight is 492 g/mol. The van der Waals surface area contributed by atoms with Crippen molar-refractivity contribution in [3.63, 3.8) is 0 Å². The van der Waals surface area contributed by atoms with E-state index in [-0.39, 0.29) is 25.7 Å². The van der Waals surface area contributed by atoms with Crippen molar-refractivity contribution in [2.75, 3.05) is 13.2 Å². The normalized spacial score (nSPS) is 29.2. The van der Waals surface area contributed by atoms with Gasteiger partial charge in [0.1, 0.15) is 5.75 Å². The van der Waals surface area contributed by atoms with Crippen molar-refractivity contribution in [2.24, 2.45) is 0 Å². The van der Waals surface area contributed by atoms with Gasteiger partial charge in [-0.15, -0.1) is 11.3 Å². The Labute approximate surface area is 201 Å². The van der Waals surface area contributed by atoms with E-state index in [2.05, 4.69) is 22.9 Å². The fourth-order valence-electron chi connectivity index (χ4n) is 4.76. The Bertz CT molecular complexity index is 1180. The van der Waals surface area contributed by atoms with Gasteiger partial charge in [-0.2, -0.15) is 0 Å². The van der Waals surface area contributed by atoms with E-state index in [1.54, 1.807) is 23.5 Å². The first-order chi connectivity index (χ1) is 15.7. The van der Waals surface area contributed by atoms with Gasteiger partial charge in [-0.1, -0.05) is 11.6 Å². The van der Waals surface area contributed by atoms with Gasteiger partial charge in [-0.25, -0.2) is 0 Å². The first-order valence-corrected chi connectivity index (χ1v) is 12.3. The summed E-state index contributed by atoms with van der Waals surface area (Å²) in [6, 6.07) is 13.7. The monoisotopic (exact) mass is 491 g/mol. The van der Waals surface area contributed by atoms with Gasteiger partial charge in [0.05, 0.1) is 24.4 Å². The predicted molar refractivity (Wildman–Crippen MR) is 128 cm³/mol. The number of ether oxygens (including phenoxy) is 3. The molecule has 0 spiro atoms. The van der Waals surface area contributed by atoms with Crippen LogP contribution in [0.4, 0.5) is 0 Å². The van der Waals surface area contributed by atoms with Gasteiger partial charge < -0.3 is 24.8 Å². The van der Waals surface area contributed by atoms with Crippen LogP contribution < -0.4 is 4.74 Å². The van der Waals surface area contributed by atoms with E-state index in [1.807, 2.05) is 26.0 Å². The van der Waals surface area contributed by atoms with E-state index in [1.165, 1.54) is 0 Å². The van der Waals surface area contributed by atoms with Crippen LogP contribution in [0.5, 0.6) is 5.75 Å². The molecule has 5 rings (SSSR count). The number of rotatable bonds is 6. The third-order valence-electron chi connectivity index (χ3n) is 6.35. The first-order valence-electron chi connectivity index (χ1n) is 11.1. The van der Waals surface area contributed by atoms with Crippen molar-refractivity contribution in [1.82, 2.24) is 0 Å². The Morgan fingerprint density at radius 2 is 2.03 bits per heavy atom. The molecule has 6 nitrogen and oxygen atoms in total. The summed E-state index contributed by atoms with van der Waals surface area (Å²) in [5, 5.41) is 32.9. The van der Waals surface area contributed by atoms with Gasteiger partial charge in [0.25, 0.3) is 0 Å². The maximum absolute atomic E-state index is 10.8. The second-order valence-electron chi connectivity index (χ2n) is 9.23. The largest absolute Gasteiger partial charge is 0.491 e. The quantitative estimate of drug-likeness (QED) is 0.459. The molecule has 2 aliphatic rings. The minimum absolute atomic E-state index is 0.115. The van der Waals surface area contributed by atoms with E-state index < -0.39 is 23.6 Å². The molecule has 2 fully saturated rings. The minimum Gasteiger partial charge on any atom is -0.491 e. The zero-order valence-corrected chi connectivity index (χ0v) is 20.1. The van der Waals surface area contributed by atoms with Crippen molar-refractivity contribution < 1.29 is 29.5 Å². The van der Waals surface area contributed by atoms with Gasteiger partial charge in [-0.05, 0) is 67.3 Å². The fraction of sp³-hybridized carbons (Fsp3) is 0.440. The molecule has 8 heteroatoms. The topological polar surface area (TPSA) is 92.0 Å². The van der Waals surface area contributed by atoms with Crippen molar-refractivity contribution >= 4 is 33.0 Å². The second kappa shape index (κ2) is 8.50. The lowest BCUT2D eigenvalue weighted by Gasteiger charge is -2.38. The third-order valence-corrected chi connectivity index (χ3v) is 7.81. The van der Waals surface area contributed by atoms with Crippen LogP contribution in [0, 0.1) is 0 Å². The van der Waals surface area contributed by atoms with Gasteiger partial charge in [-0.3, -0.25) is 4.74 Å². The Kier molecular flexibility index (Phi) is 5.94. The summed E-state index contributed by atoms with van der Waals surface area (Å²) < 4.78 is 17.7. The molecule has 0 aliphatic carbocycles. The lowest BCUT2D eigenvalue weighted by atomic mass is 9.86. The summed E-state index contributed by atoms with van der Waals surface area (Å²) in [5.74, 6) is -0.564. The van der Waals surface area contributed by atoms with Crippen LogP contribution in [0.15, 0.2) is 42.5 Å². The fourth-order valence-corrected chi connectivity index (χ4v) is 6.06. The molecule has 0 saturated carbocycles. The molecule has 2 saturated heterocycles. The number of hydrogen-bond donors (Lipinski definition) is 3. The first kappa shape index (κ1) is 23.1. The Hall–Kier alpha value is -1.71. The van der Waals surface area contributed by atoms with Crippen LogP contribution in [0.2, 0.25) is 5.02 Å². The standard InChI is InChI=1S/C25H27ClO6S/c1-14(2)31-18-5-3-15-8-19(33-22(15)10-18)9-16-7-17(4-6-20(16)26)25-23(29)21(28)11-24(12-27,32-25)13-30-25/h3-8,10,14,21,23,27-29H,9,11-13H2,1-2H3/p+1/t21?,23-,24+,25+/m1/s1. The Morgan fingerprint density at radius 3 is 2.79 bits per heavy atom. The van der Waals surface area contributed by atoms with Gasteiger partial charge in [0.2, 0.25) is 0 Å². The van der Waals surface area contributed by atoms with E-state index in [0.29, 0.717) is 17.0 Å². The van der Waals surface area contributed by atoms with Crippen LogP contribution in [-0.4, -0.2) is 57.2 Å². The molecular formula is C25H28ClO6S+. The number of hydrogen-bond acceptors (Lipinski definition) is 6. The van der Waals surface area contributed by atoms with Crippen LogP contribution in [0.3, 0.4) is 0 Å². The number of fused-ring (bicyclic) bond motifs is 3. The maximum atomic E-state index is 10.8. The van der Waals surface area contributed by atoms with Gasteiger partial charge in [0.15, 0.2) is 18.3 Å². The molecule has 3 aromatic rings. The lowest BCUT2D eigenvalue weighted by Crippen LogP contribution is -2.57. The highest BCUT2D eigenvalue weighted by Gasteiger charge is 2.67. The maximum Gasteiger partial charge on any atom is 0.332 e. The summed E-state index contributed by atoms with van der Waals surface area (Å²) in [7, 11) is 0. The van der Waals surface area contributed by atoms with Crippen LogP contribution >= 0.6 is 22.9 Å². The van der Waals surface area contributed by atoms with Crippen molar-refractivity contribution in [3.8, 4) is 5.75 Å². The highest BCUT2D eigenvalue weighted by atomic mass is 35.5. The predicted octanol–water partition coefficient (Wildman–Crippen LogP) is 3.50. The zero-order valence-electron chi connectivity index (χ0n) is 18.5. The number of aliphatic hydroxyl groups excluding tert-OH is 3. The number of aliphatic hydroxyl groups is 5. The van der Waals surface area contributed by atoms with E-state index in [4.69, 9.17) is 21.1 Å². The van der Waals surface area contributed by atoms with Gasteiger partial charge >= 0.3 is 5.79 Å². The molecule has 176 valence electrons. The van der Waals surface area contributed by atoms with E-state index >= 15 is 0 Å². The summed E-state index contributed by atoms with van der Waals surface area (Å²) in [4.78, 5) is 1.14. The van der Waals surface area contributed by atoms with Crippen LogP contribution in [-0.2, 0) is 16.9 Å². The van der Waals surface area contributed by atoms with E-state index in [0.717, 1.165) is 26.3 Å². The molecule has 2 bridgehead atoms. The number of thiophene rings is 1.